The van der Waals surface area contributed by atoms with Gasteiger partial charge in [-0.05, 0) is 48.2 Å². The fraction of sp³-hybridized carbons (Fsp3) is 0.364. The summed E-state index contributed by atoms with van der Waals surface area (Å²) >= 11 is 12.1. The lowest BCUT2D eigenvalue weighted by molar-refractivity contribution is -0.140. The van der Waals surface area contributed by atoms with Gasteiger partial charge in [0.05, 0.1) is 16.5 Å². The summed E-state index contributed by atoms with van der Waals surface area (Å²) in [7, 11) is 0. The number of rotatable bonds is 8. The number of nitrogens with zero attached hydrogens (tertiary/aromatic N) is 1. The monoisotopic (exact) mass is 438 g/mol. The van der Waals surface area contributed by atoms with Gasteiger partial charge in [0, 0.05) is 13.1 Å². The molecule has 4 nitrogen and oxygen atoms in total. The Labute approximate surface area is 181 Å². The molecule has 2 aromatic rings. The summed E-state index contributed by atoms with van der Waals surface area (Å²) in [5.41, 5.74) is 1.43. The maximum Gasteiger partial charge on any atom is 0.242 e. The van der Waals surface area contributed by atoms with Gasteiger partial charge in [-0.2, -0.15) is 0 Å². The van der Waals surface area contributed by atoms with Crippen molar-refractivity contribution in [2.24, 2.45) is 5.92 Å². The SMILES string of the molecule is CC(C)CNC(=O)[C@H](C)N(Cc1ccc(Cl)c(Cl)c1)C(=O)Cc1ccc(F)cc1. The number of benzene rings is 2. The number of nitrogens with one attached hydrogen (secondary N) is 1. The van der Waals surface area contributed by atoms with Crippen molar-refractivity contribution < 1.29 is 14.0 Å². The highest BCUT2D eigenvalue weighted by atomic mass is 35.5. The van der Waals surface area contributed by atoms with Crippen LogP contribution in [0, 0.1) is 11.7 Å². The third-order valence-electron chi connectivity index (χ3n) is 4.46. The number of hydrogen-bond acceptors (Lipinski definition) is 2. The van der Waals surface area contributed by atoms with Crippen LogP contribution < -0.4 is 5.32 Å². The van der Waals surface area contributed by atoms with Crippen LogP contribution >= 0.6 is 23.2 Å². The van der Waals surface area contributed by atoms with E-state index in [0.29, 0.717) is 28.1 Å². The number of hydrogen-bond donors (Lipinski definition) is 1. The molecule has 0 bridgehead atoms. The number of carbonyl (C=O) groups is 2. The number of halogens is 3. The van der Waals surface area contributed by atoms with Gasteiger partial charge in [-0.25, -0.2) is 4.39 Å². The van der Waals surface area contributed by atoms with Gasteiger partial charge >= 0.3 is 0 Å². The highest BCUT2D eigenvalue weighted by Crippen LogP contribution is 2.24. The molecule has 0 heterocycles. The van der Waals surface area contributed by atoms with E-state index in [2.05, 4.69) is 5.32 Å². The van der Waals surface area contributed by atoms with Gasteiger partial charge in [0.1, 0.15) is 11.9 Å². The van der Waals surface area contributed by atoms with Crippen molar-refractivity contribution in [1.29, 1.82) is 0 Å². The first kappa shape index (κ1) is 23.2. The van der Waals surface area contributed by atoms with Crippen LogP contribution in [0.5, 0.6) is 0 Å². The number of carbonyl (C=O) groups excluding carboxylic acids is 2. The highest BCUT2D eigenvalue weighted by Gasteiger charge is 2.26. The van der Waals surface area contributed by atoms with Gasteiger partial charge in [0.15, 0.2) is 0 Å². The Kier molecular flexibility index (Phi) is 8.47. The predicted molar refractivity (Wildman–Crippen MR) is 114 cm³/mol. The molecule has 0 aliphatic carbocycles. The highest BCUT2D eigenvalue weighted by molar-refractivity contribution is 6.42. The predicted octanol–water partition coefficient (Wildman–Crippen LogP) is 4.86. The molecule has 7 heteroatoms. The first-order valence-corrected chi connectivity index (χ1v) is 10.2. The second-order valence-electron chi connectivity index (χ2n) is 7.39. The Morgan fingerprint density at radius 1 is 1.00 bits per heavy atom. The van der Waals surface area contributed by atoms with E-state index >= 15 is 0 Å². The minimum atomic E-state index is -0.684. The molecule has 0 aromatic heterocycles. The molecule has 0 unspecified atom stereocenters. The van der Waals surface area contributed by atoms with Crippen molar-refractivity contribution in [2.75, 3.05) is 6.54 Å². The molecule has 0 aliphatic rings. The molecule has 0 aliphatic heterocycles. The van der Waals surface area contributed by atoms with Crippen LogP contribution in [0.25, 0.3) is 0 Å². The first-order chi connectivity index (χ1) is 13.7. The van der Waals surface area contributed by atoms with Crippen LogP contribution in [0.15, 0.2) is 42.5 Å². The lowest BCUT2D eigenvalue weighted by Gasteiger charge is -2.29. The fourth-order valence-corrected chi connectivity index (χ4v) is 3.07. The fourth-order valence-electron chi connectivity index (χ4n) is 2.75. The number of amides is 2. The van der Waals surface area contributed by atoms with E-state index in [4.69, 9.17) is 23.2 Å². The summed E-state index contributed by atoms with van der Waals surface area (Å²) in [4.78, 5) is 27.1. The van der Waals surface area contributed by atoms with E-state index in [1.807, 2.05) is 13.8 Å². The molecule has 0 saturated carbocycles. The van der Waals surface area contributed by atoms with Crippen LogP contribution in [0.3, 0.4) is 0 Å². The van der Waals surface area contributed by atoms with Gasteiger partial charge in [0.2, 0.25) is 11.8 Å². The minimum absolute atomic E-state index is 0.0589. The summed E-state index contributed by atoms with van der Waals surface area (Å²) in [6.07, 6.45) is 0.0589. The van der Waals surface area contributed by atoms with E-state index in [-0.39, 0.29) is 30.6 Å². The van der Waals surface area contributed by atoms with Crippen molar-refractivity contribution in [3.8, 4) is 0 Å². The van der Waals surface area contributed by atoms with Crippen molar-refractivity contribution in [3.63, 3.8) is 0 Å². The summed E-state index contributed by atoms with van der Waals surface area (Å²) in [5, 5.41) is 3.67. The standard InChI is InChI=1S/C22H25Cl2FN2O2/c1-14(2)12-26-22(29)15(3)27(13-17-6-9-19(23)20(24)10-17)21(28)11-16-4-7-18(25)8-5-16/h4-10,14-15H,11-13H2,1-3H3,(H,26,29)/t15-/m0/s1. The molecule has 29 heavy (non-hydrogen) atoms. The maximum absolute atomic E-state index is 13.2. The Bertz CT molecular complexity index is 856. The lowest BCUT2D eigenvalue weighted by atomic mass is 10.1. The lowest BCUT2D eigenvalue weighted by Crippen LogP contribution is -2.48. The molecular weight excluding hydrogens is 414 g/mol. The molecule has 1 atom stereocenters. The molecule has 2 aromatic carbocycles. The third-order valence-corrected chi connectivity index (χ3v) is 5.20. The van der Waals surface area contributed by atoms with Crippen molar-refractivity contribution in [2.45, 2.75) is 39.8 Å². The van der Waals surface area contributed by atoms with E-state index in [0.717, 1.165) is 5.56 Å². The molecule has 1 N–H and O–H groups in total. The summed E-state index contributed by atoms with van der Waals surface area (Å²) in [6.45, 7) is 6.41. The van der Waals surface area contributed by atoms with Crippen molar-refractivity contribution in [3.05, 3.63) is 69.5 Å². The van der Waals surface area contributed by atoms with Crippen molar-refractivity contribution >= 4 is 35.0 Å². The Morgan fingerprint density at radius 2 is 1.62 bits per heavy atom. The van der Waals surface area contributed by atoms with Crippen LogP contribution in [0.2, 0.25) is 10.0 Å². The molecule has 2 rings (SSSR count). The Balaban J connectivity index is 2.22. The topological polar surface area (TPSA) is 49.4 Å². The molecule has 2 amide bonds. The second-order valence-corrected chi connectivity index (χ2v) is 8.20. The summed E-state index contributed by atoms with van der Waals surface area (Å²) < 4.78 is 13.2. The molecule has 0 saturated heterocycles. The van der Waals surface area contributed by atoms with Crippen LogP contribution in [0.4, 0.5) is 4.39 Å². The summed E-state index contributed by atoms with van der Waals surface area (Å²) in [5.74, 6) is -0.541. The normalized spacial score (nSPS) is 12.0. The smallest absolute Gasteiger partial charge is 0.242 e. The molecule has 156 valence electrons. The van der Waals surface area contributed by atoms with Gasteiger partial charge < -0.3 is 10.2 Å². The van der Waals surface area contributed by atoms with Crippen molar-refractivity contribution in [1.82, 2.24) is 10.2 Å². The van der Waals surface area contributed by atoms with E-state index in [1.165, 1.54) is 17.0 Å². The summed E-state index contributed by atoms with van der Waals surface area (Å²) in [6, 6.07) is 10.2. The van der Waals surface area contributed by atoms with Gasteiger partial charge in [-0.1, -0.05) is 55.2 Å². The average molecular weight is 439 g/mol. The first-order valence-electron chi connectivity index (χ1n) is 9.43. The molecular formula is C22H25Cl2FN2O2. The zero-order chi connectivity index (χ0) is 21.6. The van der Waals surface area contributed by atoms with E-state index < -0.39 is 6.04 Å². The second kappa shape index (κ2) is 10.6. The quantitative estimate of drug-likeness (QED) is 0.639. The Hall–Kier alpha value is -2.11. The maximum atomic E-state index is 13.2. The average Bonchev–Trinajstić information content (AvgIpc) is 2.68. The van der Waals surface area contributed by atoms with Crippen LogP contribution in [-0.2, 0) is 22.6 Å². The zero-order valence-electron chi connectivity index (χ0n) is 16.7. The zero-order valence-corrected chi connectivity index (χ0v) is 18.2. The van der Waals surface area contributed by atoms with Gasteiger partial charge in [-0.3, -0.25) is 9.59 Å². The molecule has 0 spiro atoms. The van der Waals surface area contributed by atoms with Crippen LogP contribution in [-0.4, -0.2) is 29.3 Å². The third kappa shape index (κ3) is 7.02. The minimum Gasteiger partial charge on any atom is -0.354 e. The molecule has 0 radical (unpaired) electrons. The van der Waals surface area contributed by atoms with Gasteiger partial charge in [0.25, 0.3) is 0 Å². The van der Waals surface area contributed by atoms with E-state index in [1.54, 1.807) is 37.3 Å². The largest absolute Gasteiger partial charge is 0.354 e. The van der Waals surface area contributed by atoms with Gasteiger partial charge in [-0.15, -0.1) is 0 Å². The Morgan fingerprint density at radius 3 is 2.21 bits per heavy atom. The van der Waals surface area contributed by atoms with E-state index in [9.17, 15) is 14.0 Å². The van der Waals surface area contributed by atoms with Crippen LogP contribution in [0.1, 0.15) is 31.9 Å². The molecule has 0 fully saturated rings.